The van der Waals surface area contributed by atoms with Crippen LogP contribution in [-0.4, -0.2) is 34.3 Å². The third-order valence-electron chi connectivity index (χ3n) is 4.80. The summed E-state index contributed by atoms with van der Waals surface area (Å²) in [5.41, 5.74) is 1.61. The summed E-state index contributed by atoms with van der Waals surface area (Å²) in [4.78, 5) is 8.53. The average Bonchev–Trinajstić information content (AvgIpc) is 2.96. The van der Waals surface area contributed by atoms with E-state index in [9.17, 15) is 0 Å². The molecule has 6 nitrogen and oxygen atoms in total. The zero-order valence-electron chi connectivity index (χ0n) is 14.5. The van der Waals surface area contributed by atoms with E-state index in [0.29, 0.717) is 6.54 Å². The Morgan fingerprint density at radius 1 is 1.28 bits per heavy atom. The lowest BCUT2D eigenvalue weighted by atomic mass is 9.64. The van der Waals surface area contributed by atoms with Gasteiger partial charge in [-0.2, -0.15) is 5.10 Å². The highest BCUT2D eigenvalue weighted by molar-refractivity contribution is 14.0. The highest BCUT2D eigenvalue weighted by Crippen LogP contribution is 2.43. The molecule has 0 saturated heterocycles. The van der Waals surface area contributed by atoms with Crippen molar-refractivity contribution in [2.75, 3.05) is 13.6 Å². The van der Waals surface area contributed by atoms with Crippen LogP contribution in [0.1, 0.15) is 30.7 Å². The number of rotatable bonds is 5. The van der Waals surface area contributed by atoms with Gasteiger partial charge in [-0.1, -0.05) is 34.5 Å². The number of aliphatic imine (C=N–C) groups is 1. The Morgan fingerprint density at radius 3 is 2.52 bits per heavy atom. The van der Waals surface area contributed by atoms with Crippen LogP contribution in [-0.2, 0) is 19.0 Å². The second kappa shape index (κ2) is 8.98. The van der Waals surface area contributed by atoms with E-state index in [1.54, 1.807) is 18.1 Å². The molecule has 2 N–H and O–H groups in total. The van der Waals surface area contributed by atoms with Gasteiger partial charge in [0.1, 0.15) is 12.2 Å². The van der Waals surface area contributed by atoms with Crippen molar-refractivity contribution in [1.82, 2.24) is 25.4 Å². The largest absolute Gasteiger partial charge is 0.356 e. The van der Waals surface area contributed by atoms with Crippen molar-refractivity contribution in [2.45, 2.75) is 31.2 Å². The fourth-order valence-corrected chi connectivity index (χ4v) is 3.36. The summed E-state index contributed by atoms with van der Waals surface area (Å²) >= 11 is 3.51. The first-order valence-electron chi connectivity index (χ1n) is 8.16. The Labute approximate surface area is 174 Å². The Hall–Kier alpha value is -1.16. The molecule has 1 fully saturated rings. The van der Waals surface area contributed by atoms with Crippen LogP contribution in [0.4, 0.5) is 0 Å². The third kappa shape index (κ3) is 4.72. The van der Waals surface area contributed by atoms with Gasteiger partial charge in [-0.15, -0.1) is 24.0 Å². The topological polar surface area (TPSA) is 67.1 Å². The van der Waals surface area contributed by atoms with Crippen LogP contribution in [0.3, 0.4) is 0 Å². The Kier molecular flexibility index (Phi) is 7.24. The van der Waals surface area contributed by atoms with Crippen LogP contribution in [0.15, 0.2) is 40.1 Å². The molecule has 3 rings (SSSR count). The molecule has 0 unspecified atom stereocenters. The highest BCUT2D eigenvalue weighted by Gasteiger charge is 2.38. The van der Waals surface area contributed by atoms with E-state index in [1.807, 2.05) is 7.05 Å². The molecule has 1 aromatic heterocycles. The molecule has 1 aliphatic carbocycles. The van der Waals surface area contributed by atoms with Crippen molar-refractivity contribution in [2.24, 2.45) is 12.0 Å². The predicted molar refractivity (Wildman–Crippen MR) is 114 cm³/mol. The van der Waals surface area contributed by atoms with Gasteiger partial charge < -0.3 is 10.6 Å². The van der Waals surface area contributed by atoms with E-state index in [1.165, 1.54) is 24.8 Å². The summed E-state index contributed by atoms with van der Waals surface area (Å²) < 4.78 is 2.88. The van der Waals surface area contributed by atoms with Crippen LogP contribution in [0.2, 0.25) is 0 Å². The molecular weight excluding hydrogens is 495 g/mol. The number of nitrogens with one attached hydrogen (secondary N) is 2. The Morgan fingerprint density at radius 2 is 2.00 bits per heavy atom. The standard InChI is InChI=1S/C17H23BrN6.HI/c1-19-16(20-10-15-22-12-23-24(15)2)21-11-17(8-3-9-17)13-4-6-14(18)7-5-13;/h4-7,12H,3,8-11H2,1-2H3,(H2,19,20,21);1H. The Bertz CT molecular complexity index is 708. The lowest BCUT2D eigenvalue weighted by Gasteiger charge is -2.43. The molecule has 0 spiro atoms. The maximum Gasteiger partial charge on any atom is 0.191 e. The molecule has 1 heterocycles. The number of hydrogen-bond donors (Lipinski definition) is 2. The molecule has 25 heavy (non-hydrogen) atoms. The maximum absolute atomic E-state index is 4.32. The van der Waals surface area contributed by atoms with Gasteiger partial charge >= 0.3 is 0 Å². The minimum atomic E-state index is 0. The minimum absolute atomic E-state index is 0. The SMILES string of the molecule is CN=C(NCc1ncnn1C)NCC1(c2ccc(Br)cc2)CCC1.I. The van der Waals surface area contributed by atoms with Crippen molar-refractivity contribution >= 4 is 45.9 Å². The Balaban J connectivity index is 0.00000225. The molecular formula is C17H24BrIN6. The fraction of sp³-hybridized carbons (Fsp3) is 0.471. The number of aromatic nitrogens is 3. The van der Waals surface area contributed by atoms with Gasteiger partial charge in [-0.05, 0) is 30.5 Å². The molecule has 8 heteroatoms. The van der Waals surface area contributed by atoms with E-state index in [-0.39, 0.29) is 29.4 Å². The molecule has 0 atom stereocenters. The zero-order valence-corrected chi connectivity index (χ0v) is 18.4. The molecule has 136 valence electrons. The van der Waals surface area contributed by atoms with Gasteiger partial charge in [0.2, 0.25) is 0 Å². The maximum atomic E-state index is 4.32. The number of hydrogen-bond acceptors (Lipinski definition) is 3. The first kappa shape index (κ1) is 20.2. The van der Waals surface area contributed by atoms with Crippen molar-refractivity contribution in [1.29, 1.82) is 0 Å². The number of halogens is 2. The van der Waals surface area contributed by atoms with Gasteiger partial charge in [0.25, 0.3) is 0 Å². The number of guanidine groups is 1. The summed E-state index contributed by atoms with van der Waals surface area (Å²) in [6, 6.07) is 8.69. The van der Waals surface area contributed by atoms with Gasteiger partial charge in [0.05, 0.1) is 6.54 Å². The molecule has 2 aromatic rings. The van der Waals surface area contributed by atoms with Crippen LogP contribution in [0.25, 0.3) is 0 Å². The molecule has 1 saturated carbocycles. The number of benzene rings is 1. The van der Waals surface area contributed by atoms with Gasteiger partial charge in [-0.3, -0.25) is 9.67 Å². The lowest BCUT2D eigenvalue weighted by molar-refractivity contribution is 0.244. The highest BCUT2D eigenvalue weighted by atomic mass is 127. The number of nitrogens with zero attached hydrogens (tertiary/aromatic N) is 4. The summed E-state index contributed by atoms with van der Waals surface area (Å²) in [6.45, 7) is 1.48. The number of aryl methyl sites for hydroxylation is 1. The first-order chi connectivity index (χ1) is 11.6. The van der Waals surface area contributed by atoms with Crippen LogP contribution < -0.4 is 10.6 Å². The summed E-state index contributed by atoms with van der Waals surface area (Å²) in [6.07, 6.45) is 5.26. The predicted octanol–water partition coefficient (Wildman–Crippen LogP) is 2.98. The van der Waals surface area contributed by atoms with Gasteiger partial charge in [-0.25, -0.2) is 4.98 Å². The fourth-order valence-electron chi connectivity index (χ4n) is 3.09. The van der Waals surface area contributed by atoms with E-state index in [4.69, 9.17) is 0 Å². The van der Waals surface area contributed by atoms with E-state index >= 15 is 0 Å². The monoisotopic (exact) mass is 518 g/mol. The minimum Gasteiger partial charge on any atom is -0.356 e. The molecule has 1 aliphatic rings. The summed E-state index contributed by atoms with van der Waals surface area (Å²) in [5, 5.41) is 10.9. The third-order valence-corrected chi connectivity index (χ3v) is 5.33. The molecule has 1 aromatic carbocycles. The normalized spacial score (nSPS) is 15.9. The molecule has 0 radical (unpaired) electrons. The smallest absolute Gasteiger partial charge is 0.191 e. The van der Waals surface area contributed by atoms with E-state index in [0.717, 1.165) is 22.8 Å². The summed E-state index contributed by atoms with van der Waals surface area (Å²) in [7, 11) is 3.68. The van der Waals surface area contributed by atoms with E-state index < -0.39 is 0 Å². The quantitative estimate of drug-likeness (QED) is 0.363. The summed E-state index contributed by atoms with van der Waals surface area (Å²) in [5.74, 6) is 1.67. The van der Waals surface area contributed by atoms with Gasteiger partial charge in [0.15, 0.2) is 5.96 Å². The average molecular weight is 519 g/mol. The first-order valence-corrected chi connectivity index (χ1v) is 8.96. The van der Waals surface area contributed by atoms with E-state index in [2.05, 4.69) is 65.9 Å². The lowest BCUT2D eigenvalue weighted by Crippen LogP contribution is -2.48. The van der Waals surface area contributed by atoms with Crippen LogP contribution >= 0.6 is 39.9 Å². The zero-order chi connectivity index (χ0) is 17.0. The van der Waals surface area contributed by atoms with Crippen molar-refractivity contribution in [3.8, 4) is 0 Å². The van der Waals surface area contributed by atoms with Crippen LogP contribution in [0.5, 0.6) is 0 Å². The van der Waals surface area contributed by atoms with Gasteiger partial charge in [0, 0.05) is 30.5 Å². The van der Waals surface area contributed by atoms with Crippen molar-refractivity contribution in [3.05, 3.63) is 46.5 Å². The second-order valence-electron chi connectivity index (χ2n) is 6.22. The van der Waals surface area contributed by atoms with Crippen molar-refractivity contribution < 1.29 is 0 Å². The van der Waals surface area contributed by atoms with Crippen LogP contribution in [0, 0.1) is 0 Å². The molecule has 0 bridgehead atoms. The van der Waals surface area contributed by atoms with Crippen molar-refractivity contribution in [3.63, 3.8) is 0 Å². The second-order valence-corrected chi connectivity index (χ2v) is 7.14. The molecule has 0 amide bonds. The molecule has 0 aliphatic heterocycles.